The number of likely N-dealkylation sites (tertiary alicyclic amines) is 1. The fraction of sp³-hybridized carbons (Fsp3) is 0.846. The van der Waals surface area contributed by atoms with Gasteiger partial charge >= 0.3 is 0 Å². The van der Waals surface area contributed by atoms with E-state index in [4.69, 9.17) is 9.47 Å². The van der Waals surface area contributed by atoms with Crippen LogP contribution in [0.5, 0.6) is 0 Å². The summed E-state index contributed by atoms with van der Waals surface area (Å²) in [6.45, 7) is 3.41. The lowest BCUT2D eigenvalue weighted by molar-refractivity contribution is -0.0878. The fourth-order valence-electron chi connectivity index (χ4n) is 2.39. The standard InChI is InChI=1S/C13H23F2NO2/c1-4-5-12(18-3)11-8-13(14,15)10-16(9-11)6-7-17-2/h5,11H,4,6-10H2,1-3H3/b12-5+. The number of allylic oxidation sites excluding steroid dienone is 1. The van der Waals surface area contributed by atoms with Gasteiger partial charge in [0.15, 0.2) is 0 Å². The molecule has 18 heavy (non-hydrogen) atoms. The summed E-state index contributed by atoms with van der Waals surface area (Å²) in [5.41, 5.74) is 0. The Balaban J connectivity index is 2.70. The zero-order valence-electron chi connectivity index (χ0n) is 11.4. The molecule has 1 atom stereocenters. The van der Waals surface area contributed by atoms with Crippen molar-refractivity contribution in [1.82, 2.24) is 4.90 Å². The van der Waals surface area contributed by atoms with Crippen molar-refractivity contribution in [2.24, 2.45) is 5.92 Å². The average molecular weight is 263 g/mol. The van der Waals surface area contributed by atoms with Crippen molar-refractivity contribution in [2.75, 3.05) is 40.5 Å². The maximum Gasteiger partial charge on any atom is 0.261 e. The summed E-state index contributed by atoms with van der Waals surface area (Å²) < 4.78 is 37.6. The van der Waals surface area contributed by atoms with Gasteiger partial charge < -0.3 is 9.47 Å². The highest BCUT2D eigenvalue weighted by atomic mass is 19.3. The molecule has 0 aliphatic carbocycles. The van der Waals surface area contributed by atoms with Crippen molar-refractivity contribution in [3.05, 3.63) is 11.8 Å². The molecule has 0 N–H and O–H groups in total. The van der Waals surface area contributed by atoms with Gasteiger partial charge in [-0.2, -0.15) is 0 Å². The van der Waals surface area contributed by atoms with Crippen molar-refractivity contribution in [3.63, 3.8) is 0 Å². The van der Waals surface area contributed by atoms with Crippen LogP contribution in [0, 0.1) is 5.92 Å². The molecule has 0 saturated carbocycles. The summed E-state index contributed by atoms with van der Waals surface area (Å²) in [7, 11) is 3.13. The van der Waals surface area contributed by atoms with E-state index in [2.05, 4.69) is 0 Å². The molecule has 1 unspecified atom stereocenters. The average Bonchev–Trinajstić information content (AvgIpc) is 2.31. The van der Waals surface area contributed by atoms with Gasteiger partial charge in [0.1, 0.15) is 0 Å². The zero-order valence-corrected chi connectivity index (χ0v) is 11.4. The number of nitrogens with zero attached hydrogens (tertiary/aromatic N) is 1. The van der Waals surface area contributed by atoms with Gasteiger partial charge in [0, 0.05) is 32.5 Å². The van der Waals surface area contributed by atoms with Crippen LogP contribution in [0.2, 0.25) is 0 Å². The molecule has 1 aliphatic heterocycles. The minimum Gasteiger partial charge on any atom is -0.501 e. The molecule has 0 aromatic rings. The van der Waals surface area contributed by atoms with E-state index in [1.807, 2.05) is 13.0 Å². The first-order valence-electron chi connectivity index (χ1n) is 6.35. The first-order chi connectivity index (χ1) is 8.52. The van der Waals surface area contributed by atoms with Crippen LogP contribution >= 0.6 is 0 Å². The van der Waals surface area contributed by atoms with Crippen molar-refractivity contribution < 1.29 is 18.3 Å². The van der Waals surface area contributed by atoms with Crippen molar-refractivity contribution >= 4 is 0 Å². The third kappa shape index (κ3) is 4.53. The van der Waals surface area contributed by atoms with Gasteiger partial charge in [-0.15, -0.1) is 0 Å². The van der Waals surface area contributed by atoms with E-state index < -0.39 is 5.92 Å². The Labute approximate surface area is 108 Å². The van der Waals surface area contributed by atoms with E-state index in [9.17, 15) is 8.78 Å². The van der Waals surface area contributed by atoms with Gasteiger partial charge in [0.2, 0.25) is 0 Å². The van der Waals surface area contributed by atoms with Crippen molar-refractivity contribution in [2.45, 2.75) is 25.7 Å². The molecule has 0 radical (unpaired) electrons. The van der Waals surface area contributed by atoms with Crippen molar-refractivity contribution in [1.29, 1.82) is 0 Å². The molecule has 1 aliphatic rings. The summed E-state index contributed by atoms with van der Waals surface area (Å²) in [6, 6.07) is 0. The first-order valence-corrected chi connectivity index (χ1v) is 6.35. The van der Waals surface area contributed by atoms with Crippen LogP contribution in [-0.2, 0) is 9.47 Å². The molecule has 1 heterocycles. The second-order valence-electron chi connectivity index (χ2n) is 4.70. The summed E-state index contributed by atoms with van der Waals surface area (Å²) >= 11 is 0. The van der Waals surface area contributed by atoms with E-state index in [-0.39, 0.29) is 18.9 Å². The minimum atomic E-state index is -2.65. The number of hydrogen-bond acceptors (Lipinski definition) is 3. The van der Waals surface area contributed by atoms with Gasteiger partial charge in [-0.3, -0.25) is 4.90 Å². The number of halogens is 2. The molecule has 1 saturated heterocycles. The van der Waals surface area contributed by atoms with Crippen LogP contribution in [-0.4, -0.2) is 51.3 Å². The molecule has 106 valence electrons. The Morgan fingerprint density at radius 3 is 2.72 bits per heavy atom. The number of ether oxygens (including phenoxy) is 2. The van der Waals surface area contributed by atoms with E-state index in [0.29, 0.717) is 25.5 Å². The Hall–Kier alpha value is -0.680. The fourth-order valence-corrected chi connectivity index (χ4v) is 2.39. The summed E-state index contributed by atoms with van der Waals surface area (Å²) in [6.07, 6.45) is 2.56. The molecule has 0 spiro atoms. The maximum absolute atomic E-state index is 13.7. The topological polar surface area (TPSA) is 21.7 Å². The molecule has 0 amide bonds. The Bertz CT molecular complexity index is 282. The van der Waals surface area contributed by atoms with Crippen LogP contribution in [0.1, 0.15) is 19.8 Å². The van der Waals surface area contributed by atoms with Gasteiger partial charge in [-0.25, -0.2) is 8.78 Å². The van der Waals surface area contributed by atoms with Gasteiger partial charge in [-0.05, 0) is 12.5 Å². The van der Waals surface area contributed by atoms with E-state index in [1.54, 1.807) is 19.1 Å². The molecule has 1 fully saturated rings. The summed E-state index contributed by atoms with van der Waals surface area (Å²) in [5, 5.41) is 0. The van der Waals surface area contributed by atoms with E-state index >= 15 is 0 Å². The molecule has 3 nitrogen and oxygen atoms in total. The summed E-state index contributed by atoms with van der Waals surface area (Å²) in [5.74, 6) is -2.20. The molecular weight excluding hydrogens is 240 g/mol. The number of methoxy groups -OCH3 is 2. The normalized spacial score (nSPS) is 25.2. The van der Waals surface area contributed by atoms with Crippen LogP contribution in [0.3, 0.4) is 0 Å². The smallest absolute Gasteiger partial charge is 0.261 e. The quantitative estimate of drug-likeness (QED) is 0.687. The molecule has 0 bridgehead atoms. The minimum absolute atomic E-state index is 0.129. The lowest BCUT2D eigenvalue weighted by Crippen LogP contribution is -2.48. The van der Waals surface area contributed by atoms with Crippen LogP contribution in [0.4, 0.5) is 8.78 Å². The largest absolute Gasteiger partial charge is 0.501 e. The molecule has 0 aromatic carbocycles. The van der Waals surface area contributed by atoms with Crippen LogP contribution in [0.25, 0.3) is 0 Å². The highest BCUT2D eigenvalue weighted by Crippen LogP contribution is 2.34. The molecule has 0 aromatic heterocycles. The lowest BCUT2D eigenvalue weighted by atomic mass is 9.92. The van der Waals surface area contributed by atoms with E-state index in [0.717, 1.165) is 6.42 Å². The number of piperidine rings is 1. The summed E-state index contributed by atoms with van der Waals surface area (Å²) in [4.78, 5) is 1.75. The molecule has 5 heteroatoms. The monoisotopic (exact) mass is 263 g/mol. The number of rotatable bonds is 6. The van der Waals surface area contributed by atoms with Crippen molar-refractivity contribution in [3.8, 4) is 0 Å². The maximum atomic E-state index is 13.7. The second-order valence-corrected chi connectivity index (χ2v) is 4.70. The van der Waals surface area contributed by atoms with Gasteiger partial charge in [0.25, 0.3) is 5.92 Å². The van der Waals surface area contributed by atoms with E-state index in [1.165, 1.54) is 0 Å². The second kappa shape index (κ2) is 7.04. The third-order valence-corrected chi connectivity index (χ3v) is 3.13. The molecule has 1 rings (SSSR count). The predicted octanol–water partition coefficient (Wildman–Crippen LogP) is 2.53. The zero-order chi connectivity index (χ0) is 13.6. The lowest BCUT2D eigenvalue weighted by Gasteiger charge is -2.37. The predicted molar refractivity (Wildman–Crippen MR) is 66.8 cm³/mol. The van der Waals surface area contributed by atoms with Gasteiger partial charge in [0.05, 0.1) is 26.0 Å². The highest BCUT2D eigenvalue weighted by Gasteiger charge is 2.41. The number of alkyl halides is 2. The third-order valence-electron chi connectivity index (χ3n) is 3.13. The Kier molecular flexibility index (Phi) is 6.02. The first kappa shape index (κ1) is 15.4. The SMILES string of the molecule is CC/C=C(/OC)C1CN(CCOC)CC(F)(F)C1. The number of hydrogen-bond donors (Lipinski definition) is 0. The molecular formula is C13H23F2NO2. The Morgan fingerprint density at radius 2 is 2.17 bits per heavy atom. The highest BCUT2D eigenvalue weighted by molar-refractivity contribution is 5.03. The Morgan fingerprint density at radius 1 is 1.44 bits per heavy atom. The van der Waals surface area contributed by atoms with Crippen LogP contribution < -0.4 is 0 Å². The van der Waals surface area contributed by atoms with Crippen LogP contribution in [0.15, 0.2) is 11.8 Å². The van der Waals surface area contributed by atoms with Gasteiger partial charge in [-0.1, -0.05) is 6.92 Å².